The molecule has 0 spiro atoms. The summed E-state index contributed by atoms with van der Waals surface area (Å²) in [5.74, 6) is 1.62. The third-order valence-electron chi connectivity index (χ3n) is 3.78. The first-order chi connectivity index (χ1) is 9.71. The molecule has 1 fully saturated rings. The van der Waals surface area contributed by atoms with E-state index in [1.807, 2.05) is 6.92 Å². The van der Waals surface area contributed by atoms with Crippen molar-refractivity contribution in [2.45, 2.75) is 58.4 Å². The van der Waals surface area contributed by atoms with Crippen molar-refractivity contribution in [2.75, 3.05) is 17.7 Å². The van der Waals surface area contributed by atoms with E-state index < -0.39 is 0 Å². The molecule has 6 nitrogen and oxygen atoms in total. The first kappa shape index (κ1) is 14.8. The van der Waals surface area contributed by atoms with E-state index in [0.717, 1.165) is 5.92 Å². The largest absolute Gasteiger partial charge is 0.464 e. The molecule has 0 unspecified atom stereocenters. The minimum Gasteiger partial charge on any atom is -0.464 e. The topological polar surface area (TPSA) is 86.0 Å². The number of aromatic nitrogens is 3. The van der Waals surface area contributed by atoms with Gasteiger partial charge in [-0.3, -0.25) is 0 Å². The van der Waals surface area contributed by atoms with Crippen LogP contribution in [0.1, 0.15) is 52.4 Å². The van der Waals surface area contributed by atoms with E-state index in [-0.39, 0.29) is 5.95 Å². The van der Waals surface area contributed by atoms with Crippen molar-refractivity contribution in [1.29, 1.82) is 0 Å². The maximum absolute atomic E-state index is 5.67. The minimum absolute atomic E-state index is 0.200. The lowest BCUT2D eigenvalue weighted by Gasteiger charge is -2.28. The summed E-state index contributed by atoms with van der Waals surface area (Å²) < 4.78 is 5.28. The summed E-state index contributed by atoms with van der Waals surface area (Å²) in [4.78, 5) is 12.3. The zero-order chi connectivity index (χ0) is 14.4. The molecule has 3 N–H and O–H groups in total. The Hall–Kier alpha value is -1.59. The molecule has 0 aliphatic heterocycles. The van der Waals surface area contributed by atoms with Gasteiger partial charge in [0.1, 0.15) is 0 Å². The Morgan fingerprint density at radius 3 is 2.55 bits per heavy atom. The van der Waals surface area contributed by atoms with Gasteiger partial charge in [0.2, 0.25) is 11.9 Å². The van der Waals surface area contributed by atoms with Crippen LogP contribution in [0, 0.1) is 5.92 Å². The van der Waals surface area contributed by atoms with Crippen molar-refractivity contribution < 1.29 is 4.74 Å². The summed E-state index contributed by atoms with van der Waals surface area (Å²) in [5, 5.41) is 3.36. The van der Waals surface area contributed by atoms with Crippen LogP contribution in [-0.4, -0.2) is 27.6 Å². The van der Waals surface area contributed by atoms with Crippen molar-refractivity contribution in [2.24, 2.45) is 5.92 Å². The van der Waals surface area contributed by atoms with E-state index in [0.29, 0.717) is 24.6 Å². The average Bonchev–Trinajstić information content (AvgIpc) is 2.41. The van der Waals surface area contributed by atoms with Crippen LogP contribution in [0.25, 0.3) is 0 Å². The quantitative estimate of drug-likeness (QED) is 0.832. The Bertz CT molecular complexity index is 418. The summed E-state index contributed by atoms with van der Waals surface area (Å²) in [6, 6.07) is 0.724. The molecule has 1 saturated carbocycles. The highest BCUT2D eigenvalue weighted by Gasteiger charge is 2.21. The van der Waals surface area contributed by atoms with Gasteiger partial charge in [-0.2, -0.15) is 15.0 Å². The molecule has 2 rings (SSSR count). The molecule has 1 aromatic rings. The van der Waals surface area contributed by atoms with Crippen LogP contribution in [0.5, 0.6) is 6.01 Å². The Balaban J connectivity index is 1.90. The number of rotatable bonds is 6. The number of nitrogens with one attached hydrogen (secondary N) is 1. The highest BCUT2D eigenvalue weighted by atomic mass is 16.5. The number of nitrogen functional groups attached to an aromatic ring is 1. The van der Waals surface area contributed by atoms with Crippen LogP contribution in [0.3, 0.4) is 0 Å². The van der Waals surface area contributed by atoms with Gasteiger partial charge in [0.15, 0.2) is 0 Å². The van der Waals surface area contributed by atoms with E-state index in [9.17, 15) is 0 Å². The number of nitrogens with two attached hydrogens (primary N) is 1. The Morgan fingerprint density at radius 2 is 1.90 bits per heavy atom. The highest BCUT2D eigenvalue weighted by molar-refractivity contribution is 5.33. The van der Waals surface area contributed by atoms with Crippen molar-refractivity contribution in [1.82, 2.24) is 15.0 Å². The van der Waals surface area contributed by atoms with Gasteiger partial charge in [-0.1, -0.05) is 19.8 Å². The Morgan fingerprint density at radius 1 is 1.15 bits per heavy atom. The van der Waals surface area contributed by atoms with Gasteiger partial charge in [-0.15, -0.1) is 0 Å². The van der Waals surface area contributed by atoms with Gasteiger partial charge in [0.05, 0.1) is 6.61 Å². The lowest BCUT2D eigenvalue weighted by Crippen LogP contribution is -2.27. The van der Waals surface area contributed by atoms with Crippen molar-refractivity contribution >= 4 is 11.9 Å². The molecule has 1 aromatic heterocycles. The van der Waals surface area contributed by atoms with Crippen LogP contribution < -0.4 is 15.8 Å². The predicted molar refractivity (Wildman–Crippen MR) is 79.7 cm³/mol. The Labute approximate surface area is 120 Å². The third-order valence-corrected chi connectivity index (χ3v) is 3.78. The number of hydrogen-bond donors (Lipinski definition) is 2. The van der Waals surface area contributed by atoms with Gasteiger partial charge in [-0.25, -0.2) is 0 Å². The summed E-state index contributed by atoms with van der Waals surface area (Å²) >= 11 is 0. The SMILES string of the molecule is CCCC1CCC(Nc2nc(N)nc(OCC)n2)CC1. The first-order valence-electron chi connectivity index (χ1n) is 7.62. The monoisotopic (exact) mass is 279 g/mol. The van der Waals surface area contributed by atoms with E-state index in [4.69, 9.17) is 10.5 Å². The molecule has 6 heteroatoms. The first-order valence-corrected chi connectivity index (χ1v) is 7.62. The van der Waals surface area contributed by atoms with E-state index in [1.165, 1.54) is 38.5 Å². The predicted octanol–water partition coefficient (Wildman–Crippen LogP) is 2.62. The molecule has 0 radical (unpaired) electrons. The standard InChI is InChI=1S/C14H25N5O/c1-3-5-10-6-8-11(9-7-10)16-13-17-12(15)18-14(19-13)20-4-2/h10-11H,3-9H2,1-2H3,(H3,15,16,17,18,19). The molecule has 1 aliphatic carbocycles. The molecule has 112 valence electrons. The number of ether oxygens (including phenoxy) is 1. The second-order valence-corrected chi connectivity index (χ2v) is 5.38. The molecule has 20 heavy (non-hydrogen) atoms. The smallest absolute Gasteiger partial charge is 0.323 e. The summed E-state index contributed by atoms with van der Waals surface area (Å²) in [6.07, 6.45) is 7.53. The molecule has 0 bridgehead atoms. The van der Waals surface area contributed by atoms with Gasteiger partial charge in [0.25, 0.3) is 0 Å². The van der Waals surface area contributed by atoms with Crippen LogP contribution in [-0.2, 0) is 0 Å². The number of anilines is 2. The van der Waals surface area contributed by atoms with Crippen LogP contribution in [0.4, 0.5) is 11.9 Å². The van der Waals surface area contributed by atoms with Crippen LogP contribution >= 0.6 is 0 Å². The van der Waals surface area contributed by atoms with Gasteiger partial charge < -0.3 is 15.8 Å². The second-order valence-electron chi connectivity index (χ2n) is 5.38. The summed E-state index contributed by atoms with van der Waals surface area (Å²) in [6.45, 7) is 4.67. The fourth-order valence-corrected chi connectivity index (χ4v) is 2.82. The van der Waals surface area contributed by atoms with E-state index in [2.05, 4.69) is 27.2 Å². The molecule has 1 aliphatic rings. The van der Waals surface area contributed by atoms with E-state index in [1.54, 1.807) is 0 Å². The van der Waals surface area contributed by atoms with Gasteiger partial charge in [-0.05, 0) is 38.5 Å². The molecule has 0 saturated heterocycles. The normalized spacial score (nSPS) is 22.5. The minimum atomic E-state index is 0.200. The molecule has 0 atom stereocenters. The molecule has 0 aromatic carbocycles. The maximum atomic E-state index is 5.67. The molecular formula is C14H25N5O. The van der Waals surface area contributed by atoms with Gasteiger partial charge >= 0.3 is 6.01 Å². The number of hydrogen-bond acceptors (Lipinski definition) is 6. The van der Waals surface area contributed by atoms with Crippen molar-refractivity contribution in [3.8, 4) is 6.01 Å². The van der Waals surface area contributed by atoms with Crippen LogP contribution in [0.15, 0.2) is 0 Å². The van der Waals surface area contributed by atoms with E-state index >= 15 is 0 Å². The molecule has 0 amide bonds. The number of nitrogens with zero attached hydrogens (tertiary/aromatic N) is 3. The Kier molecular flexibility index (Phi) is 5.38. The fourth-order valence-electron chi connectivity index (χ4n) is 2.82. The van der Waals surface area contributed by atoms with Gasteiger partial charge in [0, 0.05) is 6.04 Å². The maximum Gasteiger partial charge on any atom is 0.323 e. The fraction of sp³-hybridized carbons (Fsp3) is 0.786. The third kappa shape index (κ3) is 4.21. The van der Waals surface area contributed by atoms with Crippen LogP contribution in [0.2, 0.25) is 0 Å². The zero-order valence-electron chi connectivity index (χ0n) is 12.4. The zero-order valence-corrected chi connectivity index (χ0v) is 12.4. The summed E-state index contributed by atoms with van der Waals surface area (Å²) in [5.41, 5.74) is 5.67. The second kappa shape index (κ2) is 7.26. The summed E-state index contributed by atoms with van der Waals surface area (Å²) in [7, 11) is 0. The average molecular weight is 279 g/mol. The lowest BCUT2D eigenvalue weighted by molar-refractivity contribution is 0.309. The highest BCUT2D eigenvalue weighted by Crippen LogP contribution is 2.29. The molecule has 1 heterocycles. The van der Waals surface area contributed by atoms with Crippen molar-refractivity contribution in [3.05, 3.63) is 0 Å². The molecular weight excluding hydrogens is 254 g/mol. The van der Waals surface area contributed by atoms with Crippen molar-refractivity contribution in [3.63, 3.8) is 0 Å². The lowest BCUT2D eigenvalue weighted by atomic mass is 9.83.